The van der Waals surface area contributed by atoms with Gasteiger partial charge in [0, 0.05) is 16.1 Å². The normalized spacial score (nSPS) is 12.2. The standard InChI is InChI=1S/C17H20BrNO/c1-4-15(19)14-7-5-6-8-16(14)20-13-9-11(2)17(18)12(3)10-13/h5-10,15H,4,19H2,1-3H3/t15-/m0/s1. The van der Waals surface area contributed by atoms with Crippen molar-refractivity contribution in [2.24, 2.45) is 5.73 Å². The Morgan fingerprint density at radius 2 is 1.75 bits per heavy atom. The molecular weight excluding hydrogens is 314 g/mol. The molecule has 2 aromatic rings. The van der Waals surface area contributed by atoms with Gasteiger partial charge in [-0.25, -0.2) is 0 Å². The molecule has 0 aliphatic rings. The summed E-state index contributed by atoms with van der Waals surface area (Å²) in [6.07, 6.45) is 0.888. The molecule has 0 aromatic heterocycles. The highest BCUT2D eigenvalue weighted by atomic mass is 79.9. The average Bonchev–Trinajstić information content (AvgIpc) is 2.44. The van der Waals surface area contributed by atoms with Crippen LogP contribution in [0.2, 0.25) is 0 Å². The highest BCUT2D eigenvalue weighted by Gasteiger charge is 2.11. The molecule has 0 saturated heterocycles. The van der Waals surface area contributed by atoms with Crippen LogP contribution in [0.15, 0.2) is 40.9 Å². The van der Waals surface area contributed by atoms with E-state index >= 15 is 0 Å². The van der Waals surface area contributed by atoms with E-state index in [4.69, 9.17) is 10.5 Å². The number of rotatable bonds is 4. The van der Waals surface area contributed by atoms with Crippen molar-refractivity contribution in [3.8, 4) is 11.5 Å². The van der Waals surface area contributed by atoms with Crippen LogP contribution in [0, 0.1) is 13.8 Å². The summed E-state index contributed by atoms with van der Waals surface area (Å²) >= 11 is 3.57. The molecule has 0 saturated carbocycles. The maximum absolute atomic E-state index is 6.15. The van der Waals surface area contributed by atoms with E-state index in [1.807, 2.05) is 36.4 Å². The first kappa shape index (κ1) is 15.1. The van der Waals surface area contributed by atoms with Gasteiger partial charge >= 0.3 is 0 Å². The zero-order valence-corrected chi connectivity index (χ0v) is 13.7. The summed E-state index contributed by atoms with van der Waals surface area (Å²) in [5.41, 5.74) is 9.52. The molecule has 0 fully saturated rings. The molecule has 0 spiro atoms. The Balaban J connectivity index is 2.35. The summed E-state index contributed by atoms with van der Waals surface area (Å²) in [6.45, 7) is 6.20. The molecule has 0 aliphatic carbocycles. The fourth-order valence-electron chi connectivity index (χ4n) is 2.19. The lowest BCUT2D eigenvalue weighted by molar-refractivity contribution is 0.468. The van der Waals surface area contributed by atoms with Gasteiger partial charge in [-0.05, 0) is 49.6 Å². The minimum atomic E-state index is 0.00356. The average molecular weight is 334 g/mol. The SMILES string of the molecule is CC[C@H](N)c1ccccc1Oc1cc(C)c(Br)c(C)c1. The minimum absolute atomic E-state index is 0.00356. The van der Waals surface area contributed by atoms with Crippen molar-refractivity contribution in [2.75, 3.05) is 0 Å². The number of para-hydroxylation sites is 1. The molecule has 2 nitrogen and oxygen atoms in total. The van der Waals surface area contributed by atoms with Crippen LogP contribution in [0.3, 0.4) is 0 Å². The smallest absolute Gasteiger partial charge is 0.132 e. The maximum atomic E-state index is 6.15. The van der Waals surface area contributed by atoms with Gasteiger partial charge in [0.05, 0.1) is 0 Å². The van der Waals surface area contributed by atoms with E-state index in [9.17, 15) is 0 Å². The lowest BCUT2D eigenvalue weighted by Gasteiger charge is -2.16. The number of nitrogens with two attached hydrogens (primary N) is 1. The second kappa shape index (κ2) is 6.42. The van der Waals surface area contributed by atoms with Crippen LogP contribution in [0.25, 0.3) is 0 Å². The summed E-state index contributed by atoms with van der Waals surface area (Å²) in [7, 11) is 0. The Labute approximate surface area is 129 Å². The molecule has 0 bridgehead atoms. The lowest BCUT2D eigenvalue weighted by Crippen LogP contribution is -2.09. The van der Waals surface area contributed by atoms with Crippen molar-refractivity contribution in [3.05, 3.63) is 57.6 Å². The second-order valence-corrected chi connectivity index (χ2v) is 5.82. The minimum Gasteiger partial charge on any atom is -0.457 e. The van der Waals surface area contributed by atoms with E-state index in [-0.39, 0.29) is 6.04 Å². The van der Waals surface area contributed by atoms with Gasteiger partial charge in [0.1, 0.15) is 11.5 Å². The first-order valence-electron chi connectivity index (χ1n) is 6.82. The number of benzene rings is 2. The van der Waals surface area contributed by atoms with Crippen molar-refractivity contribution in [2.45, 2.75) is 33.2 Å². The summed E-state index contributed by atoms with van der Waals surface area (Å²) in [5.74, 6) is 1.68. The summed E-state index contributed by atoms with van der Waals surface area (Å²) in [5, 5.41) is 0. The lowest BCUT2D eigenvalue weighted by atomic mass is 10.0. The first-order valence-corrected chi connectivity index (χ1v) is 7.61. The number of hydrogen-bond acceptors (Lipinski definition) is 2. The summed E-state index contributed by atoms with van der Waals surface area (Å²) in [6, 6.07) is 12.0. The fourth-order valence-corrected chi connectivity index (χ4v) is 2.42. The Morgan fingerprint density at radius 3 is 2.35 bits per heavy atom. The number of hydrogen-bond donors (Lipinski definition) is 1. The van der Waals surface area contributed by atoms with Gasteiger partial charge in [0.15, 0.2) is 0 Å². The van der Waals surface area contributed by atoms with Gasteiger partial charge in [0.2, 0.25) is 0 Å². The monoisotopic (exact) mass is 333 g/mol. The zero-order valence-electron chi connectivity index (χ0n) is 12.1. The predicted molar refractivity (Wildman–Crippen MR) is 87.4 cm³/mol. The van der Waals surface area contributed by atoms with Crippen molar-refractivity contribution in [1.82, 2.24) is 0 Å². The van der Waals surface area contributed by atoms with E-state index in [0.717, 1.165) is 39.1 Å². The Hall–Kier alpha value is -1.32. The van der Waals surface area contributed by atoms with Gasteiger partial charge in [-0.1, -0.05) is 41.1 Å². The van der Waals surface area contributed by atoms with Crippen LogP contribution >= 0.6 is 15.9 Å². The molecular formula is C17H20BrNO. The molecule has 0 unspecified atom stereocenters. The Kier molecular flexibility index (Phi) is 4.84. The molecule has 1 atom stereocenters. The fraction of sp³-hybridized carbons (Fsp3) is 0.294. The van der Waals surface area contributed by atoms with Crippen LogP contribution in [-0.4, -0.2) is 0 Å². The van der Waals surface area contributed by atoms with E-state index in [2.05, 4.69) is 36.7 Å². The van der Waals surface area contributed by atoms with E-state index < -0.39 is 0 Å². The third-order valence-electron chi connectivity index (χ3n) is 3.40. The predicted octanol–water partition coefficient (Wildman–Crippen LogP) is 5.27. The largest absolute Gasteiger partial charge is 0.457 e. The van der Waals surface area contributed by atoms with Gasteiger partial charge < -0.3 is 10.5 Å². The quantitative estimate of drug-likeness (QED) is 0.827. The van der Waals surface area contributed by atoms with Crippen LogP contribution in [-0.2, 0) is 0 Å². The van der Waals surface area contributed by atoms with Gasteiger partial charge in [0.25, 0.3) is 0 Å². The molecule has 2 N–H and O–H groups in total. The van der Waals surface area contributed by atoms with Crippen LogP contribution in [0.1, 0.15) is 36.1 Å². The molecule has 106 valence electrons. The Morgan fingerprint density at radius 1 is 1.15 bits per heavy atom. The van der Waals surface area contributed by atoms with Gasteiger partial charge in [-0.15, -0.1) is 0 Å². The van der Waals surface area contributed by atoms with Crippen LogP contribution < -0.4 is 10.5 Å². The van der Waals surface area contributed by atoms with Crippen molar-refractivity contribution in [1.29, 1.82) is 0 Å². The van der Waals surface area contributed by atoms with Crippen molar-refractivity contribution < 1.29 is 4.74 Å². The van der Waals surface area contributed by atoms with Crippen molar-refractivity contribution in [3.63, 3.8) is 0 Å². The maximum Gasteiger partial charge on any atom is 0.132 e. The van der Waals surface area contributed by atoms with E-state index in [0.29, 0.717) is 0 Å². The highest BCUT2D eigenvalue weighted by Crippen LogP contribution is 2.33. The summed E-state index contributed by atoms with van der Waals surface area (Å²) < 4.78 is 7.18. The number of halogens is 1. The third kappa shape index (κ3) is 3.22. The van der Waals surface area contributed by atoms with Crippen LogP contribution in [0.4, 0.5) is 0 Å². The molecule has 0 radical (unpaired) electrons. The third-order valence-corrected chi connectivity index (χ3v) is 4.65. The highest BCUT2D eigenvalue weighted by molar-refractivity contribution is 9.10. The van der Waals surface area contributed by atoms with Gasteiger partial charge in [-0.3, -0.25) is 0 Å². The number of ether oxygens (including phenoxy) is 1. The van der Waals surface area contributed by atoms with E-state index in [1.165, 1.54) is 0 Å². The molecule has 2 aromatic carbocycles. The van der Waals surface area contributed by atoms with E-state index in [1.54, 1.807) is 0 Å². The Bertz CT molecular complexity index is 587. The molecule has 0 amide bonds. The molecule has 3 heteroatoms. The molecule has 0 heterocycles. The first-order chi connectivity index (χ1) is 9.52. The molecule has 0 aliphatic heterocycles. The van der Waals surface area contributed by atoms with Crippen LogP contribution in [0.5, 0.6) is 11.5 Å². The topological polar surface area (TPSA) is 35.2 Å². The van der Waals surface area contributed by atoms with Gasteiger partial charge in [-0.2, -0.15) is 0 Å². The second-order valence-electron chi connectivity index (χ2n) is 5.03. The molecule has 2 rings (SSSR count). The van der Waals surface area contributed by atoms with Crippen molar-refractivity contribution >= 4 is 15.9 Å². The zero-order chi connectivity index (χ0) is 14.7. The molecule has 20 heavy (non-hydrogen) atoms. The number of aryl methyl sites for hydroxylation is 2. The summed E-state index contributed by atoms with van der Waals surface area (Å²) in [4.78, 5) is 0.